The minimum absolute atomic E-state index is 0.222. The Kier molecular flexibility index (Phi) is 15.0. The van der Waals surface area contributed by atoms with Crippen LogP contribution in [0.3, 0.4) is 0 Å². The van der Waals surface area contributed by atoms with Gasteiger partial charge in [0.2, 0.25) is 0 Å². The molecule has 0 saturated heterocycles. The first-order chi connectivity index (χ1) is 10.2. The van der Waals surface area contributed by atoms with Crippen LogP contribution in [0.5, 0.6) is 0 Å². The summed E-state index contributed by atoms with van der Waals surface area (Å²) in [5.41, 5.74) is 0.629. The number of rotatable bonds is 15. The van der Waals surface area contributed by atoms with Crippen molar-refractivity contribution in [2.45, 2.75) is 97.3 Å². The molecule has 0 atom stereocenters. The van der Waals surface area contributed by atoms with Gasteiger partial charge in [-0.3, -0.25) is 0 Å². The molecule has 0 bridgehead atoms. The van der Waals surface area contributed by atoms with Gasteiger partial charge in [-0.2, -0.15) is 0 Å². The molecule has 0 fully saturated rings. The van der Waals surface area contributed by atoms with E-state index in [-0.39, 0.29) is 5.97 Å². The minimum Gasteiger partial charge on any atom is -0.463 e. The van der Waals surface area contributed by atoms with Crippen molar-refractivity contribution in [2.24, 2.45) is 0 Å². The van der Waals surface area contributed by atoms with E-state index < -0.39 is 0 Å². The van der Waals surface area contributed by atoms with Gasteiger partial charge in [-0.15, -0.1) is 0 Å². The molecular weight excluding hydrogens is 260 g/mol. The van der Waals surface area contributed by atoms with Crippen molar-refractivity contribution in [1.29, 1.82) is 0 Å². The van der Waals surface area contributed by atoms with Gasteiger partial charge < -0.3 is 4.74 Å². The largest absolute Gasteiger partial charge is 0.463 e. The zero-order valence-corrected chi connectivity index (χ0v) is 14.4. The zero-order valence-electron chi connectivity index (χ0n) is 14.4. The quantitative estimate of drug-likeness (QED) is 0.204. The standard InChI is InChI=1S/C19H36O2/c1-4-6-7-8-9-10-11-12-13-14-15-16-17-18(3)19(20)21-5-2/h3-17H2,1-2H3. The minimum atomic E-state index is -0.222. The van der Waals surface area contributed by atoms with E-state index in [2.05, 4.69) is 13.5 Å². The van der Waals surface area contributed by atoms with Gasteiger partial charge in [0.15, 0.2) is 0 Å². The smallest absolute Gasteiger partial charge is 0.333 e. The first kappa shape index (κ1) is 20.2. The lowest BCUT2D eigenvalue weighted by Crippen LogP contribution is -2.06. The van der Waals surface area contributed by atoms with Crippen LogP contribution in [0.4, 0.5) is 0 Å². The van der Waals surface area contributed by atoms with Crippen LogP contribution >= 0.6 is 0 Å². The first-order valence-electron chi connectivity index (χ1n) is 9.07. The van der Waals surface area contributed by atoms with E-state index in [1.807, 2.05) is 6.92 Å². The molecule has 0 heterocycles. The Morgan fingerprint density at radius 2 is 1.19 bits per heavy atom. The van der Waals surface area contributed by atoms with Crippen molar-refractivity contribution in [3.63, 3.8) is 0 Å². The third-order valence-corrected chi connectivity index (χ3v) is 3.90. The molecule has 0 rings (SSSR count). The highest BCUT2D eigenvalue weighted by Crippen LogP contribution is 2.14. The van der Waals surface area contributed by atoms with Crippen LogP contribution in [0.2, 0.25) is 0 Å². The fraction of sp³-hybridized carbons (Fsp3) is 0.842. The van der Waals surface area contributed by atoms with Crippen molar-refractivity contribution >= 4 is 5.97 Å². The summed E-state index contributed by atoms with van der Waals surface area (Å²) in [6.07, 6.45) is 16.8. The van der Waals surface area contributed by atoms with Crippen molar-refractivity contribution < 1.29 is 9.53 Å². The second kappa shape index (κ2) is 15.6. The predicted molar refractivity (Wildman–Crippen MR) is 91.5 cm³/mol. The molecule has 0 aliphatic heterocycles. The molecule has 0 radical (unpaired) electrons. The molecule has 21 heavy (non-hydrogen) atoms. The lowest BCUT2D eigenvalue weighted by molar-refractivity contribution is -0.138. The molecule has 0 N–H and O–H groups in total. The van der Waals surface area contributed by atoms with Crippen LogP contribution in [-0.2, 0) is 9.53 Å². The fourth-order valence-corrected chi connectivity index (χ4v) is 2.51. The highest BCUT2D eigenvalue weighted by Gasteiger charge is 2.06. The topological polar surface area (TPSA) is 26.3 Å². The summed E-state index contributed by atoms with van der Waals surface area (Å²) in [5, 5.41) is 0. The van der Waals surface area contributed by atoms with E-state index in [0.717, 1.165) is 12.8 Å². The van der Waals surface area contributed by atoms with Crippen LogP contribution in [0.25, 0.3) is 0 Å². The second-order valence-corrected chi connectivity index (χ2v) is 5.96. The fourth-order valence-electron chi connectivity index (χ4n) is 2.51. The molecule has 0 aliphatic rings. The van der Waals surface area contributed by atoms with E-state index in [1.54, 1.807) is 0 Å². The van der Waals surface area contributed by atoms with E-state index >= 15 is 0 Å². The Morgan fingerprint density at radius 1 is 0.762 bits per heavy atom. The van der Waals surface area contributed by atoms with E-state index in [4.69, 9.17) is 4.74 Å². The molecule has 0 spiro atoms. The molecule has 2 heteroatoms. The molecule has 2 nitrogen and oxygen atoms in total. The maximum Gasteiger partial charge on any atom is 0.333 e. The maximum atomic E-state index is 11.4. The summed E-state index contributed by atoms with van der Waals surface area (Å²) < 4.78 is 4.92. The molecule has 0 saturated carbocycles. The third-order valence-electron chi connectivity index (χ3n) is 3.90. The van der Waals surface area contributed by atoms with Gasteiger partial charge in [-0.05, 0) is 19.8 Å². The summed E-state index contributed by atoms with van der Waals surface area (Å²) in [4.78, 5) is 11.4. The lowest BCUT2D eigenvalue weighted by atomic mass is 10.0. The molecule has 0 aromatic carbocycles. The highest BCUT2D eigenvalue weighted by atomic mass is 16.5. The Morgan fingerprint density at radius 3 is 1.62 bits per heavy atom. The van der Waals surface area contributed by atoms with E-state index in [9.17, 15) is 4.79 Å². The van der Waals surface area contributed by atoms with Crippen molar-refractivity contribution in [3.8, 4) is 0 Å². The van der Waals surface area contributed by atoms with Gasteiger partial charge in [-0.1, -0.05) is 84.1 Å². The average molecular weight is 296 g/mol. The van der Waals surface area contributed by atoms with Crippen molar-refractivity contribution in [3.05, 3.63) is 12.2 Å². The second-order valence-electron chi connectivity index (χ2n) is 5.96. The summed E-state index contributed by atoms with van der Waals surface area (Å²) >= 11 is 0. The van der Waals surface area contributed by atoms with Gasteiger partial charge in [0.1, 0.15) is 0 Å². The number of esters is 1. The number of unbranched alkanes of at least 4 members (excludes halogenated alkanes) is 11. The number of hydrogen-bond acceptors (Lipinski definition) is 2. The van der Waals surface area contributed by atoms with Crippen LogP contribution < -0.4 is 0 Å². The summed E-state index contributed by atoms with van der Waals surface area (Å²) in [6, 6.07) is 0. The summed E-state index contributed by atoms with van der Waals surface area (Å²) in [6.45, 7) is 8.32. The number of hydrogen-bond donors (Lipinski definition) is 0. The van der Waals surface area contributed by atoms with Gasteiger partial charge in [0, 0.05) is 5.57 Å². The van der Waals surface area contributed by atoms with Crippen LogP contribution in [-0.4, -0.2) is 12.6 Å². The number of carbonyl (C=O) groups excluding carboxylic acids is 1. The van der Waals surface area contributed by atoms with Crippen LogP contribution in [0.1, 0.15) is 97.3 Å². The SMILES string of the molecule is C=C(CCCCCCCCCCCCCC)C(=O)OCC. The molecule has 0 aromatic rings. The molecule has 0 amide bonds. The van der Waals surface area contributed by atoms with Gasteiger partial charge in [0.25, 0.3) is 0 Å². The Labute approximate surface area is 132 Å². The Hall–Kier alpha value is -0.790. The Bertz CT molecular complexity index is 258. The molecule has 0 aromatic heterocycles. The Balaban J connectivity index is 3.19. The highest BCUT2D eigenvalue weighted by molar-refractivity contribution is 5.87. The summed E-state index contributed by atoms with van der Waals surface area (Å²) in [7, 11) is 0. The average Bonchev–Trinajstić information content (AvgIpc) is 2.48. The molecule has 124 valence electrons. The van der Waals surface area contributed by atoms with Crippen LogP contribution in [0, 0.1) is 0 Å². The van der Waals surface area contributed by atoms with Crippen molar-refractivity contribution in [1.82, 2.24) is 0 Å². The lowest BCUT2D eigenvalue weighted by Gasteiger charge is -2.05. The zero-order chi connectivity index (χ0) is 15.8. The van der Waals surface area contributed by atoms with E-state index in [0.29, 0.717) is 12.2 Å². The molecule has 0 aliphatic carbocycles. The first-order valence-corrected chi connectivity index (χ1v) is 9.07. The van der Waals surface area contributed by atoms with Gasteiger partial charge in [0.05, 0.1) is 6.61 Å². The normalized spacial score (nSPS) is 10.6. The van der Waals surface area contributed by atoms with Crippen molar-refractivity contribution in [2.75, 3.05) is 6.61 Å². The monoisotopic (exact) mass is 296 g/mol. The van der Waals surface area contributed by atoms with Gasteiger partial charge >= 0.3 is 5.97 Å². The molecule has 0 unspecified atom stereocenters. The maximum absolute atomic E-state index is 11.4. The van der Waals surface area contributed by atoms with Gasteiger partial charge in [-0.25, -0.2) is 4.79 Å². The molecular formula is C19H36O2. The third kappa shape index (κ3) is 13.9. The predicted octanol–water partition coefficient (Wildman–Crippen LogP) is 6.20. The summed E-state index contributed by atoms with van der Waals surface area (Å²) in [5.74, 6) is -0.222. The number of carbonyl (C=O) groups is 1. The van der Waals surface area contributed by atoms with Crippen LogP contribution in [0.15, 0.2) is 12.2 Å². The number of ether oxygens (including phenoxy) is 1. The van der Waals surface area contributed by atoms with E-state index in [1.165, 1.54) is 70.6 Å².